The van der Waals surface area contributed by atoms with Crippen molar-refractivity contribution >= 4 is 57.9 Å². The maximum atomic E-state index is 6.06. The summed E-state index contributed by atoms with van der Waals surface area (Å²) in [5.41, 5.74) is 19.0. The van der Waals surface area contributed by atoms with Gasteiger partial charge in [-0.2, -0.15) is 29.9 Å². The van der Waals surface area contributed by atoms with Crippen LogP contribution in [0.5, 0.6) is 24.0 Å². The normalized spacial score (nSPS) is 12.6. The van der Waals surface area contributed by atoms with Crippen molar-refractivity contribution in [1.29, 1.82) is 0 Å². The summed E-state index contributed by atoms with van der Waals surface area (Å²) in [4.78, 5) is 26.2. The Morgan fingerprint density at radius 3 is 2.31 bits per heavy atom. The fourth-order valence-electron chi connectivity index (χ4n) is 5.72. The number of ether oxygens (including phenoxy) is 4. The van der Waals surface area contributed by atoms with Crippen LogP contribution in [0.4, 0.5) is 11.6 Å². The zero-order valence-electron chi connectivity index (χ0n) is 29.8. The van der Waals surface area contributed by atoms with E-state index in [0.29, 0.717) is 67.1 Å². The number of aromatic nitrogens is 8. The highest BCUT2D eigenvalue weighted by Gasteiger charge is 2.20. The van der Waals surface area contributed by atoms with Crippen LogP contribution in [0.15, 0.2) is 86.0 Å². The first-order valence-corrected chi connectivity index (χ1v) is 16.8. The van der Waals surface area contributed by atoms with Gasteiger partial charge in [0.15, 0.2) is 34.0 Å². The maximum absolute atomic E-state index is 6.06. The summed E-state index contributed by atoms with van der Waals surface area (Å²) in [7, 11) is 3.15. The molecule has 54 heavy (non-hydrogen) atoms. The minimum absolute atomic E-state index is 0. The van der Waals surface area contributed by atoms with E-state index in [9.17, 15) is 0 Å². The SMILES string of the molecule is C.C=CCCOc1nc(N)c2nc(OC)n(Cc3cccc(CC=C)c3)c2n1.COc1nc2c(N)nc3nc2n1Cc1cccc(c1)C/C=C\CCO3.I. The Hall–Kier alpha value is -5.71. The van der Waals surface area contributed by atoms with Gasteiger partial charge in [-0.15, -0.1) is 37.1 Å². The number of imidazole rings is 2. The molecule has 4 N–H and O–H groups in total. The fourth-order valence-corrected chi connectivity index (χ4v) is 5.72. The van der Waals surface area contributed by atoms with Crippen molar-refractivity contribution in [2.75, 3.05) is 38.9 Å². The van der Waals surface area contributed by atoms with E-state index in [4.69, 9.17) is 30.4 Å². The number of methoxy groups -OCH3 is 2. The molecule has 4 aromatic heterocycles. The predicted octanol–water partition coefficient (Wildman–Crippen LogP) is 6.75. The Labute approximate surface area is 332 Å². The van der Waals surface area contributed by atoms with Crippen LogP contribution in [0.1, 0.15) is 42.5 Å². The van der Waals surface area contributed by atoms with E-state index in [0.717, 1.165) is 30.4 Å². The van der Waals surface area contributed by atoms with Crippen LogP contribution in [0.2, 0.25) is 0 Å². The number of allylic oxidation sites excluding steroid dienone is 2. The van der Waals surface area contributed by atoms with E-state index < -0.39 is 0 Å². The van der Waals surface area contributed by atoms with Crippen LogP contribution in [0.3, 0.4) is 0 Å². The molecule has 5 heterocycles. The summed E-state index contributed by atoms with van der Waals surface area (Å²) in [5, 5.41) is 0. The van der Waals surface area contributed by atoms with E-state index in [1.54, 1.807) is 20.3 Å². The molecule has 0 aliphatic carbocycles. The second kappa shape index (κ2) is 19.4. The zero-order chi connectivity index (χ0) is 36.5. The number of halogens is 1. The van der Waals surface area contributed by atoms with Gasteiger partial charge in [-0.3, -0.25) is 9.13 Å². The van der Waals surface area contributed by atoms with Crippen molar-refractivity contribution < 1.29 is 18.9 Å². The van der Waals surface area contributed by atoms with E-state index in [2.05, 4.69) is 91.6 Å². The van der Waals surface area contributed by atoms with Crippen molar-refractivity contribution in [2.45, 2.75) is 46.2 Å². The number of benzene rings is 2. The van der Waals surface area contributed by atoms with Gasteiger partial charge in [0.25, 0.3) is 12.0 Å². The van der Waals surface area contributed by atoms with E-state index >= 15 is 0 Å². The topological polar surface area (TPSA) is 176 Å². The second-order valence-electron chi connectivity index (χ2n) is 11.9. The van der Waals surface area contributed by atoms with E-state index in [1.165, 1.54) is 11.1 Å². The summed E-state index contributed by atoms with van der Waals surface area (Å²) in [6.07, 6.45) is 11.1. The van der Waals surface area contributed by atoms with E-state index in [1.807, 2.05) is 27.3 Å². The summed E-state index contributed by atoms with van der Waals surface area (Å²) in [5.74, 6) is 0.541. The first-order valence-electron chi connectivity index (χ1n) is 16.8. The molecule has 1 aliphatic heterocycles. The Morgan fingerprint density at radius 2 is 1.54 bits per heavy atom. The molecule has 0 radical (unpaired) electrons. The molecule has 14 nitrogen and oxygen atoms in total. The summed E-state index contributed by atoms with van der Waals surface area (Å²) < 4.78 is 25.8. The summed E-state index contributed by atoms with van der Waals surface area (Å²) in [6, 6.07) is 18.0. The highest BCUT2D eigenvalue weighted by molar-refractivity contribution is 14.0. The molecule has 4 bridgehead atoms. The number of hydrogen-bond donors (Lipinski definition) is 2. The molecule has 15 heteroatoms. The molecule has 0 spiro atoms. The van der Waals surface area contributed by atoms with Crippen molar-refractivity contribution in [3.05, 3.63) is 108 Å². The lowest BCUT2D eigenvalue weighted by molar-refractivity contribution is 0.300. The summed E-state index contributed by atoms with van der Waals surface area (Å²) in [6.45, 7) is 9.50. The minimum Gasteiger partial charge on any atom is -0.468 e. The first kappa shape index (κ1) is 41.1. The van der Waals surface area contributed by atoms with Crippen molar-refractivity contribution in [3.63, 3.8) is 0 Å². The lowest BCUT2D eigenvalue weighted by atomic mass is 10.1. The minimum atomic E-state index is 0. The molecule has 0 saturated carbocycles. The monoisotopic (exact) mass is 846 g/mol. The molecule has 2 aromatic carbocycles. The Morgan fingerprint density at radius 1 is 0.815 bits per heavy atom. The van der Waals surface area contributed by atoms with Gasteiger partial charge in [-0.1, -0.05) is 80.3 Å². The molecule has 0 atom stereocenters. The quantitative estimate of drug-likeness (QED) is 0.0844. The summed E-state index contributed by atoms with van der Waals surface area (Å²) >= 11 is 0. The van der Waals surface area contributed by atoms with Gasteiger partial charge < -0.3 is 30.4 Å². The third kappa shape index (κ3) is 9.63. The van der Waals surface area contributed by atoms with Crippen molar-refractivity contribution in [1.82, 2.24) is 39.0 Å². The van der Waals surface area contributed by atoms with Crippen LogP contribution in [-0.2, 0) is 25.9 Å². The molecular formula is C39H47IN10O4. The number of nitrogen functional groups attached to an aromatic ring is 2. The lowest BCUT2D eigenvalue weighted by Gasteiger charge is -2.10. The molecule has 0 fully saturated rings. The average molecular weight is 847 g/mol. The van der Waals surface area contributed by atoms with Crippen LogP contribution in [0, 0.1) is 0 Å². The van der Waals surface area contributed by atoms with Crippen LogP contribution in [0.25, 0.3) is 22.3 Å². The Balaban J connectivity index is 0.000000233. The standard InChI is InChI=1S/C20H23N5O2.C18H19N5O2.CH4.HI/c1-4-6-11-27-19-23-17(21)16-18(24-19)25(20(22-16)26-3)13-15-10-7-9-14(12-15)8-5-2;1-24-18-20-14-15(19)21-17-22-16(14)23(18)11-13-8-5-7-12(10-13)6-3-2-4-9-25-17;;/h4-5,7,9-10,12H,1-2,6,8,11,13H2,3H3,(H2,21,23,24);2-3,5,7-8,10H,4,6,9,11H2,1H3,(H2,19,21,22);1H4;1H/b;3-2-;;. The number of nitrogens with two attached hydrogens (primary N) is 2. The van der Waals surface area contributed by atoms with Crippen molar-refractivity contribution in [3.8, 4) is 24.0 Å². The van der Waals surface area contributed by atoms with Gasteiger partial charge in [-0.05, 0) is 47.9 Å². The molecule has 0 amide bonds. The highest BCUT2D eigenvalue weighted by Crippen LogP contribution is 2.28. The number of nitrogens with zero attached hydrogens (tertiary/aromatic N) is 8. The lowest BCUT2D eigenvalue weighted by Crippen LogP contribution is -2.07. The maximum Gasteiger partial charge on any atom is 0.320 e. The Kier molecular flexibility index (Phi) is 14.7. The van der Waals surface area contributed by atoms with Gasteiger partial charge in [-0.25, -0.2) is 0 Å². The second-order valence-corrected chi connectivity index (χ2v) is 11.9. The van der Waals surface area contributed by atoms with Gasteiger partial charge >= 0.3 is 12.0 Å². The molecule has 0 unspecified atom stereocenters. The van der Waals surface area contributed by atoms with Crippen LogP contribution in [-0.4, -0.2) is 66.5 Å². The largest absolute Gasteiger partial charge is 0.468 e. The first-order chi connectivity index (χ1) is 25.4. The fraction of sp³-hybridized carbons (Fsp3) is 0.282. The van der Waals surface area contributed by atoms with Crippen LogP contribution < -0.4 is 30.4 Å². The Bertz CT molecular complexity index is 2230. The molecule has 284 valence electrons. The van der Waals surface area contributed by atoms with Crippen LogP contribution >= 0.6 is 24.0 Å². The van der Waals surface area contributed by atoms with Gasteiger partial charge in [0.2, 0.25) is 0 Å². The highest BCUT2D eigenvalue weighted by atomic mass is 127. The number of rotatable bonds is 10. The van der Waals surface area contributed by atoms with Gasteiger partial charge in [0.05, 0.1) is 40.5 Å². The van der Waals surface area contributed by atoms with E-state index in [-0.39, 0.29) is 55.1 Å². The molecular weight excluding hydrogens is 799 g/mol. The number of anilines is 2. The molecule has 0 saturated heterocycles. The van der Waals surface area contributed by atoms with Gasteiger partial charge in [0, 0.05) is 0 Å². The zero-order valence-corrected chi connectivity index (χ0v) is 32.1. The molecule has 7 rings (SSSR count). The van der Waals surface area contributed by atoms with Crippen molar-refractivity contribution in [2.24, 2.45) is 0 Å². The molecule has 1 aliphatic rings. The number of hydrogen-bond acceptors (Lipinski definition) is 12. The molecule has 6 aromatic rings. The van der Waals surface area contributed by atoms with Gasteiger partial charge in [0.1, 0.15) is 0 Å². The average Bonchev–Trinajstić information content (AvgIpc) is 3.68. The number of fused-ring (bicyclic) bond motifs is 4. The predicted molar refractivity (Wildman–Crippen MR) is 223 cm³/mol. The third-order valence-corrected chi connectivity index (χ3v) is 8.13. The smallest absolute Gasteiger partial charge is 0.320 e. The third-order valence-electron chi connectivity index (χ3n) is 8.13.